The first-order valence-corrected chi connectivity index (χ1v) is 7.31. The van der Waals surface area contributed by atoms with E-state index in [9.17, 15) is 9.59 Å². The predicted molar refractivity (Wildman–Crippen MR) is 86.6 cm³/mol. The van der Waals surface area contributed by atoms with Crippen molar-refractivity contribution in [3.8, 4) is 11.8 Å². The van der Waals surface area contributed by atoms with Crippen LogP contribution in [0.25, 0.3) is 0 Å². The summed E-state index contributed by atoms with van der Waals surface area (Å²) in [5, 5.41) is 2.65. The molecule has 0 saturated heterocycles. The van der Waals surface area contributed by atoms with Crippen LogP contribution in [-0.4, -0.2) is 24.0 Å². The molecule has 0 aliphatic rings. The summed E-state index contributed by atoms with van der Waals surface area (Å²) in [7, 11) is 0. The van der Waals surface area contributed by atoms with Crippen LogP contribution in [0.4, 0.5) is 4.79 Å². The lowest BCUT2D eigenvalue weighted by Crippen LogP contribution is -2.32. The number of ether oxygens (including phenoxy) is 1. The van der Waals surface area contributed by atoms with E-state index in [1.54, 1.807) is 6.92 Å². The molecule has 0 unspecified atom stereocenters. The molecule has 0 saturated carbocycles. The van der Waals surface area contributed by atoms with Gasteiger partial charge in [-0.05, 0) is 39.3 Å². The fraction of sp³-hybridized carbons (Fsp3) is 0.444. The summed E-state index contributed by atoms with van der Waals surface area (Å²) in [5.41, 5.74) is 1.29. The second kappa shape index (κ2) is 8.23. The molecule has 0 bridgehead atoms. The summed E-state index contributed by atoms with van der Waals surface area (Å²) < 4.78 is 5.13. The second-order valence-corrected chi connectivity index (χ2v) is 6.02. The molecule has 1 aromatic rings. The molecule has 22 heavy (non-hydrogen) atoms. The molecule has 0 aliphatic heterocycles. The topological polar surface area (TPSA) is 55.4 Å². The zero-order chi connectivity index (χ0) is 16.6. The molecule has 118 valence electrons. The van der Waals surface area contributed by atoms with Gasteiger partial charge in [-0.15, -0.1) is 0 Å². The van der Waals surface area contributed by atoms with Crippen molar-refractivity contribution >= 4 is 11.9 Å². The van der Waals surface area contributed by atoms with E-state index in [0.29, 0.717) is 19.4 Å². The zero-order valence-electron chi connectivity index (χ0n) is 13.7. The molecule has 1 N–H and O–H groups in total. The first-order chi connectivity index (χ1) is 10.3. The summed E-state index contributed by atoms with van der Waals surface area (Å²) in [6, 6.07) is 7.59. The number of benzene rings is 1. The minimum atomic E-state index is -0.499. The van der Waals surface area contributed by atoms with Crippen molar-refractivity contribution in [2.75, 3.05) is 6.54 Å². The molecule has 0 aliphatic carbocycles. The lowest BCUT2D eigenvalue weighted by atomic mass is 10.0. The molecule has 1 aromatic carbocycles. The predicted octanol–water partition coefficient (Wildman–Crippen LogP) is 3.08. The standard InChI is InChI=1S/C18H23NO3/c1-14(20)13-16-11-6-5-9-15(16)10-7-8-12-19-17(21)22-18(2,3)4/h5-6,9,11H,8,12-13H2,1-4H3,(H,19,21). The van der Waals surface area contributed by atoms with Crippen LogP contribution in [0.15, 0.2) is 24.3 Å². The van der Waals surface area contributed by atoms with Gasteiger partial charge in [0.2, 0.25) is 0 Å². The monoisotopic (exact) mass is 301 g/mol. The number of rotatable bonds is 4. The van der Waals surface area contributed by atoms with Gasteiger partial charge in [-0.25, -0.2) is 4.79 Å². The number of carbonyl (C=O) groups excluding carboxylic acids is 2. The van der Waals surface area contributed by atoms with Crippen molar-refractivity contribution in [2.24, 2.45) is 0 Å². The Morgan fingerprint density at radius 1 is 1.23 bits per heavy atom. The SMILES string of the molecule is CC(=O)Cc1ccccc1C#CCCNC(=O)OC(C)(C)C. The maximum Gasteiger partial charge on any atom is 0.407 e. The van der Waals surface area contributed by atoms with E-state index < -0.39 is 11.7 Å². The molecule has 0 spiro atoms. The van der Waals surface area contributed by atoms with Gasteiger partial charge in [0, 0.05) is 24.9 Å². The highest BCUT2D eigenvalue weighted by Gasteiger charge is 2.15. The fourth-order valence-corrected chi connectivity index (χ4v) is 1.76. The van der Waals surface area contributed by atoms with E-state index in [2.05, 4.69) is 17.2 Å². The number of nitrogens with one attached hydrogen (secondary N) is 1. The van der Waals surface area contributed by atoms with Crippen LogP contribution in [0.5, 0.6) is 0 Å². The fourth-order valence-electron chi connectivity index (χ4n) is 1.76. The van der Waals surface area contributed by atoms with Gasteiger partial charge in [0.25, 0.3) is 0 Å². The Kier molecular flexibility index (Phi) is 6.65. The van der Waals surface area contributed by atoms with Crippen LogP contribution in [0.2, 0.25) is 0 Å². The largest absolute Gasteiger partial charge is 0.444 e. The van der Waals surface area contributed by atoms with Crippen molar-refractivity contribution in [1.82, 2.24) is 5.32 Å². The van der Waals surface area contributed by atoms with Crippen molar-refractivity contribution in [3.63, 3.8) is 0 Å². The highest BCUT2D eigenvalue weighted by molar-refractivity contribution is 5.79. The number of hydrogen-bond acceptors (Lipinski definition) is 3. The Hall–Kier alpha value is -2.28. The molecule has 0 aromatic heterocycles. The molecular weight excluding hydrogens is 278 g/mol. The minimum Gasteiger partial charge on any atom is -0.444 e. The van der Waals surface area contributed by atoms with E-state index in [4.69, 9.17) is 4.74 Å². The molecule has 1 rings (SSSR count). The highest BCUT2D eigenvalue weighted by atomic mass is 16.6. The third-order valence-corrected chi connectivity index (χ3v) is 2.60. The van der Waals surface area contributed by atoms with Gasteiger partial charge in [0.15, 0.2) is 0 Å². The van der Waals surface area contributed by atoms with Gasteiger partial charge in [0.05, 0.1) is 0 Å². The lowest BCUT2D eigenvalue weighted by molar-refractivity contribution is -0.116. The molecule has 0 heterocycles. The summed E-state index contributed by atoms with van der Waals surface area (Å²) >= 11 is 0. The number of Topliss-reactive ketones (excluding diaryl/α,β-unsaturated/α-hetero) is 1. The summed E-state index contributed by atoms with van der Waals surface area (Å²) in [6.07, 6.45) is 0.473. The van der Waals surface area contributed by atoms with Gasteiger partial charge in [-0.1, -0.05) is 30.0 Å². The average Bonchev–Trinajstić information content (AvgIpc) is 2.37. The van der Waals surface area contributed by atoms with E-state index in [1.165, 1.54) is 0 Å². The molecule has 0 fully saturated rings. The molecule has 0 atom stereocenters. The van der Waals surface area contributed by atoms with Crippen molar-refractivity contribution < 1.29 is 14.3 Å². The lowest BCUT2D eigenvalue weighted by Gasteiger charge is -2.19. The molecule has 0 radical (unpaired) electrons. The van der Waals surface area contributed by atoms with Gasteiger partial charge < -0.3 is 10.1 Å². The minimum absolute atomic E-state index is 0.112. The molecule has 1 amide bonds. The zero-order valence-corrected chi connectivity index (χ0v) is 13.7. The molecule has 4 heteroatoms. The van der Waals surface area contributed by atoms with Crippen LogP contribution in [0.1, 0.15) is 45.2 Å². The number of alkyl carbamates (subject to hydrolysis) is 1. The van der Waals surface area contributed by atoms with E-state index >= 15 is 0 Å². The van der Waals surface area contributed by atoms with E-state index in [1.807, 2.05) is 45.0 Å². The Morgan fingerprint density at radius 2 is 1.91 bits per heavy atom. The first-order valence-electron chi connectivity index (χ1n) is 7.31. The number of ketones is 1. The molecule has 4 nitrogen and oxygen atoms in total. The average molecular weight is 301 g/mol. The summed E-state index contributed by atoms with van der Waals surface area (Å²) in [4.78, 5) is 22.7. The summed E-state index contributed by atoms with van der Waals surface area (Å²) in [6.45, 7) is 7.45. The Balaban J connectivity index is 2.48. The highest BCUT2D eigenvalue weighted by Crippen LogP contribution is 2.08. The van der Waals surface area contributed by atoms with Crippen LogP contribution in [0.3, 0.4) is 0 Å². The number of hydrogen-bond donors (Lipinski definition) is 1. The van der Waals surface area contributed by atoms with Gasteiger partial charge in [-0.2, -0.15) is 0 Å². The third-order valence-electron chi connectivity index (χ3n) is 2.60. The van der Waals surface area contributed by atoms with E-state index in [-0.39, 0.29) is 5.78 Å². The smallest absolute Gasteiger partial charge is 0.407 e. The van der Waals surface area contributed by atoms with Gasteiger partial charge in [-0.3, -0.25) is 4.79 Å². The van der Waals surface area contributed by atoms with Gasteiger partial charge >= 0.3 is 6.09 Å². The summed E-state index contributed by atoms with van der Waals surface area (Å²) in [5.74, 6) is 6.16. The maximum absolute atomic E-state index is 11.4. The maximum atomic E-state index is 11.4. The van der Waals surface area contributed by atoms with Crippen molar-refractivity contribution in [2.45, 2.75) is 46.1 Å². The number of amides is 1. The normalized spacial score (nSPS) is 10.4. The van der Waals surface area contributed by atoms with E-state index in [0.717, 1.165) is 11.1 Å². The van der Waals surface area contributed by atoms with Crippen LogP contribution in [-0.2, 0) is 16.0 Å². The van der Waals surface area contributed by atoms with Gasteiger partial charge in [0.1, 0.15) is 11.4 Å². The second-order valence-electron chi connectivity index (χ2n) is 6.02. The quantitative estimate of drug-likeness (QED) is 0.687. The first kappa shape index (κ1) is 17.8. The van der Waals surface area contributed by atoms with Crippen LogP contribution >= 0.6 is 0 Å². The van der Waals surface area contributed by atoms with Crippen LogP contribution in [0, 0.1) is 11.8 Å². The Morgan fingerprint density at radius 3 is 2.55 bits per heavy atom. The number of carbonyl (C=O) groups is 2. The molecular formula is C18H23NO3. The third kappa shape index (κ3) is 7.49. The Labute approximate surface area is 132 Å². The van der Waals surface area contributed by atoms with Crippen molar-refractivity contribution in [3.05, 3.63) is 35.4 Å². The van der Waals surface area contributed by atoms with Crippen LogP contribution < -0.4 is 5.32 Å². The van der Waals surface area contributed by atoms with Crippen molar-refractivity contribution in [1.29, 1.82) is 0 Å². The Bertz CT molecular complexity index is 588.